The highest BCUT2D eigenvalue weighted by molar-refractivity contribution is 7.98. The summed E-state index contributed by atoms with van der Waals surface area (Å²) in [5.41, 5.74) is 1.28. The maximum atomic E-state index is 13.7. The summed E-state index contributed by atoms with van der Waals surface area (Å²) in [5, 5.41) is 0. The summed E-state index contributed by atoms with van der Waals surface area (Å²) in [4.78, 5) is 26.8. The molecule has 10 heteroatoms. The second-order valence-corrected chi connectivity index (χ2v) is 12.5. The van der Waals surface area contributed by atoms with Crippen molar-refractivity contribution in [3.63, 3.8) is 0 Å². The Balaban J connectivity index is 1.72. The molecule has 2 aliphatic heterocycles. The van der Waals surface area contributed by atoms with Crippen molar-refractivity contribution in [3.8, 4) is 11.5 Å². The number of carbonyl (C=O) groups is 2. The van der Waals surface area contributed by atoms with Gasteiger partial charge in [-0.1, -0.05) is 43.4 Å². The normalized spacial score (nSPS) is 25.3. The number of thioether (sulfide) groups is 1. The minimum Gasteiger partial charge on any atom is -0.493 e. The van der Waals surface area contributed by atoms with E-state index >= 15 is 0 Å². The van der Waals surface area contributed by atoms with Gasteiger partial charge in [0.15, 0.2) is 12.6 Å². The first kappa shape index (κ1) is 34.6. The highest BCUT2D eigenvalue weighted by Crippen LogP contribution is 2.36. The SMILES string of the molecule is COCOc1cc(OCCCSC)cc2c1C(=O)OC(C)[C@H](C)/C=C\C(OC(=O)c1ccccc1)C1OC(C)(C)OC1CC=C2. The zero-order valence-electron chi connectivity index (χ0n) is 26.9. The van der Waals surface area contributed by atoms with E-state index in [2.05, 4.69) is 6.26 Å². The summed E-state index contributed by atoms with van der Waals surface area (Å²) in [6, 6.07) is 12.3. The van der Waals surface area contributed by atoms with Crippen LogP contribution < -0.4 is 9.47 Å². The molecular formula is C35H44O9S. The van der Waals surface area contributed by atoms with Crippen molar-refractivity contribution in [3.05, 3.63) is 77.4 Å². The molecule has 0 aliphatic carbocycles. The Kier molecular flexibility index (Phi) is 12.5. The maximum absolute atomic E-state index is 13.7. The average molecular weight is 641 g/mol. The van der Waals surface area contributed by atoms with Gasteiger partial charge in [-0.15, -0.1) is 0 Å². The van der Waals surface area contributed by atoms with Crippen LogP contribution in [0.25, 0.3) is 6.08 Å². The molecule has 0 bridgehead atoms. The molecule has 0 saturated carbocycles. The van der Waals surface area contributed by atoms with E-state index in [1.807, 2.05) is 58.1 Å². The largest absolute Gasteiger partial charge is 0.493 e. The minimum absolute atomic E-state index is 0.0544. The standard InChI is InChI=1S/C35H44O9S/c1-23-16-17-28(42-33(36)25-12-8-7-9-13-25)32-29(43-35(3,4)44-32)15-10-14-26-20-27(39-18-11-19-45-6)21-30(40-22-38-5)31(26)34(37)41-24(23)2/h7-10,12-14,16-17,20-21,23-24,28-29,32H,11,15,18-19,22H2,1-6H3/b14-10?,17-16-/t23-,24?,28?,29?,32?/m1/s1. The predicted molar refractivity (Wildman–Crippen MR) is 174 cm³/mol. The Hall–Kier alpha value is -3.31. The van der Waals surface area contributed by atoms with Crippen LogP contribution in [0.15, 0.2) is 60.7 Å². The smallest absolute Gasteiger partial charge is 0.342 e. The van der Waals surface area contributed by atoms with Crippen LogP contribution in [0.2, 0.25) is 0 Å². The summed E-state index contributed by atoms with van der Waals surface area (Å²) < 4.78 is 41.7. The Morgan fingerprint density at radius 1 is 1.07 bits per heavy atom. The van der Waals surface area contributed by atoms with Gasteiger partial charge in [0, 0.05) is 19.1 Å². The molecule has 2 aromatic rings. The second-order valence-electron chi connectivity index (χ2n) is 11.5. The number of benzene rings is 2. The molecule has 2 aliphatic rings. The minimum atomic E-state index is -0.906. The van der Waals surface area contributed by atoms with E-state index in [4.69, 9.17) is 33.2 Å². The number of esters is 2. The quantitative estimate of drug-likeness (QED) is 0.121. The molecule has 9 nitrogen and oxygen atoms in total. The number of hydrogen-bond donors (Lipinski definition) is 0. The molecule has 4 rings (SSSR count). The molecule has 244 valence electrons. The Morgan fingerprint density at radius 3 is 2.58 bits per heavy atom. The molecular weight excluding hydrogens is 596 g/mol. The molecule has 4 unspecified atom stereocenters. The molecule has 2 heterocycles. The lowest BCUT2D eigenvalue weighted by atomic mass is 9.98. The van der Waals surface area contributed by atoms with Crippen molar-refractivity contribution in [2.24, 2.45) is 5.92 Å². The van der Waals surface area contributed by atoms with E-state index in [0.717, 1.165) is 12.2 Å². The third kappa shape index (κ3) is 9.59. The van der Waals surface area contributed by atoms with Gasteiger partial charge in [0.2, 0.25) is 0 Å². The average Bonchev–Trinajstić information content (AvgIpc) is 3.33. The summed E-state index contributed by atoms with van der Waals surface area (Å²) >= 11 is 1.75. The van der Waals surface area contributed by atoms with Crippen LogP contribution in [0.3, 0.4) is 0 Å². The van der Waals surface area contributed by atoms with Crippen LogP contribution in [0.5, 0.6) is 11.5 Å². The van der Waals surface area contributed by atoms with Gasteiger partial charge in [-0.2, -0.15) is 11.8 Å². The van der Waals surface area contributed by atoms with Crippen molar-refractivity contribution in [2.75, 3.05) is 32.5 Å². The van der Waals surface area contributed by atoms with Gasteiger partial charge in [-0.25, -0.2) is 9.59 Å². The zero-order valence-corrected chi connectivity index (χ0v) is 27.7. The predicted octanol–water partition coefficient (Wildman–Crippen LogP) is 6.70. The van der Waals surface area contributed by atoms with Gasteiger partial charge >= 0.3 is 11.9 Å². The Labute approximate surface area is 270 Å². The van der Waals surface area contributed by atoms with Crippen LogP contribution in [-0.4, -0.2) is 74.7 Å². The lowest BCUT2D eigenvalue weighted by molar-refractivity contribution is -0.152. The molecule has 1 saturated heterocycles. The lowest BCUT2D eigenvalue weighted by Gasteiger charge is -2.25. The van der Waals surface area contributed by atoms with Crippen LogP contribution in [-0.2, 0) is 23.7 Å². The van der Waals surface area contributed by atoms with E-state index in [0.29, 0.717) is 35.7 Å². The first-order chi connectivity index (χ1) is 21.6. The maximum Gasteiger partial charge on any atom is 0.342 e. The fourth-order valence-corrected chi connectivity index (χ4v) is 5.49. The number of fused-ring (bicyclic) bond motifs is 2. The van der Waals surface area contributed by atoms with E-state index in [9.17, 15) is 9.59 Å². The molecule has 0 radical (unpaired) electrons. The number of cyclic esters (lactones) is 1. The molecule has 0 aromatic heterocycles. The van der Waals surface area contributed by atoms with Crippen molar-refractivity contribution in [1.29, 1.82) is 0 Å². The van der Waals surface area contributed by atoms with Gasteiger partial charge in [-0.05, 0) is 75.5 Å². The summed E-state index contributed by atoms with van der Waals surface area (Å²) in [6.45, 7) is 7.89. The summed E-state index contributed by atoms with van der Waals surface area (Å²) in [6.07, 6.45) is 8.44. The third-order valence-corrected chi connectivity index (χ3v) is 8.20. The van der Waals surface area contributed by atoms with E-state index in [1.54, 1.807) is 48.2 Å². The molecule has 45 heavy (non-hydrogen) atoms. The first-order valence-electron chi connectivity index (χ1n) is 15.2. The van der Waals surface area contributed by atoms with Gasteiger partial charge in [0.25, 0.3) is 0 Å². The third-order valence-electron chi connectivity index (χ3n) is 7.51. The summed E-state index contributed by atoms with van der Waals surface area (Å²) in [7, 11) is 1.52. The topological polar surface area (TPSA) is 98.8 Å². The monoisotopic (exact) mass is 640 g/mol. The second kappa shape index (κ2) is 16.3. The van der Waals surface area contributed by atoms with Gasteiger partial charge < -0.3 is 33.2 Å². The number of hydrogen-bond acceptors (Lipinski definition) is 10. The molecule has 0 amide bonds. The van der Waals surface area contributed by atoms with Crippen LogP contribution >= 0.6 is 11.8 Å². The van der Waals surface area contributed by atoms with Crippen LogP contribution in [0, 0.1) is 5.92 Å². The lowest BCUT2D eigenvalue weighted by Crippen LogP contribution is -2.37. The highest BCUT2D eigenvalue weighted by Gasteiger charge is 2.45. The fraction of sp³-hybridized carbons (Fsp3) is 0.486. The van der Waals surface area contributed by atoms with Gasteiger partial charge in [0.05, 0.1) is 18.3 Å². The van der Waals surface area contributed by atoms with Gasteiger partial charge in [0.1, 0.15) is 35.4 Å². The van der Waals surface area contributed by atoms with Crippen LogP contribution in [0.1, 0.15) is 66.8 Å². The molecule has 0 spiro atoms. The molecule has 2 aromatic carbocycles. The fourth-order valence-electron chi connectivity index (χ4n) is 5.08. The number of carbonyl (C=O) groups excluding carboxylic acids is 2. The number of methoxy groups -OCH3 is 1. The van der Waals surface area contributed by atoms with E-state index in [-0.39, 0.29) is 18.3 Å². The van der Waals surface area contributed by atoms with Crippen molar-refractivity contribution >= 4 is 29.8 Å². The van der Waals surface area contributed by atoms with Gasteiger partial charge in [-0.3, -0.25) is 0 Å². The van der Waals surface area contributed by atoms with Crippen molar-refractivity contribution < 1.29 is 42.7 Å². The first-order valence-corrected chi connectivity index (χ1v) is 16.6. The van der Waals surface area contributed by atoms with E-state index in [1.165, 1.54) is 7.11 Å². The Morgan fingerprint density at radius 2 is 1.84 bits per heavy atom. The number of ether oxygens (including phenoxy) is 7. The number of rotatable bonds is 10. The summed E-state index contributed by atoms with van der Waals surface area (Å²) in [5.74, 6) is -0.302. The molecule has 5 atom stereocenters. The zero-order chi connectivity index (χ0) is 32.4. The molecule has 1 fully saturated rings. The van der Waals surface area contributed by atoms with E-state index < -0.39 is 42.1 Å². The molecule has 0 N–H and O–H groups in total. The highest BCUT2D eigenvalue weighted by atomic mass is 32.2. The van der Waals surface area contributed by atoms with Crippen molar-refractivity contribution in [2.45, 2.75) is 70.7 Å². The van der Waals surface area contributed by atoms with Crippen LogP contribution in [0.4, 0.5) is 0 Å². The van der Waals surface area contributed by atoms with Crippen molar-refractivity contribution in [1.82, 2.24) is 0 Å². The Bertz CT molecular complexity index is 1340.